The molecule has 2 aliphatic rings. The Morgan fingerprint density at radius 2 is 2.00 bits per heavy atom. The quantitative estimate of drug-likeness (QED) is 0.412. The number of carbonyl (C=O) groups is 2. The minimum atomic E-state index is -0.494. The molecule has 32 heavy (non-hydrogen) atoms. The van der Waals surface area contributed by atoms with E-state index in [0.29, 0.717) is 18.0 Å². The summed E-state index contributed by atoms with van der Waals surface area (Å²) in [5.41, 5.74) is 3.50. The monoisotopic (exact) mass is 453 g/mol. The van der Waals surface area contributed by atoms with Crippen LogP contribution in [-0.2, 0) is 20.9 Å². The number of nitrogens with one attached hydrogen (secondary N) is 1. The molecule has 168 valence electrons. The fourth-order valence-corrected chi connectivity index (χ4v) is 4.43. The molecule has 2 saturated heterocycles. The number of hydrogen-bond donors (Lipinski definition) is 1. The van der Waals surface area contributed by atoms with Crippen molar-refractivity contribution in [2.45, 2.75) is 46.3 Å². The Kier molecular flexibility index (Phi) is 6.43. The van der Waals surface area contributed by atoms with Crippen LogP contribution < -0.4 is 15.0 Å². The predicted octanol–water partition coefficient (Wildman–Crippen LogP) is 3.51. The highest BCUT2D eigenvalue weighted by molar-refractivity contribution is 7.80. The fourth-order valence-electron chi connectivity index (χ4n) is 4.15. The van der Waals surface area contributed by atoms with Crippen LogP contribution in [0.5, 0.6) is 5.75 Å². The highest BCUT2D eigenvalue weighted by Crippen LogP contribution is 2.26. The highest BCUT2D eigenvalue weighted by Gasteiger charge is 2.34. The zero-order valence-electron chi connectivity index (χ0n) is 18.5. The molecule has 1 aromatic carbocycles. The Hall–Kier alpha value is -2.97. The van der Waals surface area contributed by atoms with Gasteiger partial charge in [-0.1, -0.05) is 0 Å². The number of nitrogens with zero attached hydrogens (tertiary/aromatic N) is 2. The average Bonchev–Trinajstić information content (AvgIpc) is 3.36. The summed E-state index contributed by atoms with van der Waals surface area (Å²) in [6, 6.07) is 9.03. The molecule has 0 radical (unpaired) electrons. The molecule has 2 aromatic rings. The van der Waals surface area contributed by atoms with Gasteiger partial charge >= 0.3 is 0 Å². The molecule has 0 unspecified atom stereocenters. The zero-order valence-corrected chi connectivity index (χ0v) is 19.3. The Morgan fingerprint density at radius 3 is 2.66 bits per heavy atom. The van der Waals surface area contributed by atoms with Crippen molar-refractivity contribution in [2.24, 2.45) is 0 Å². The lowest BCUT2D eigenvalue weighted by atomic mass is 10.1. The van der Waals surface area contributed by atoms with Gasteiger partial charge in [0.2, 0.25) is 0 Å². The summed E-state index contributed by atoms with van der Waals surface area (Å²) in [5.74, 6) is -0.247. The minimum Gasteiger partial charge on any atom is -0.494 e. The summed E-state index contributed by atoms with van der Waals surface area (Å²) in [6.45, 7) is 8.04. The van der Waals surface area contributed by atoms with E-state index in [1.54, 1.807) is 30.3 Å². The molecular formula is C24H27N3O4S. The number of benzene rings is 1. The summed E-state index contributed by atoms with van der Waals surface area (Å²) < 4.78 is 13.4. The van der Waals surface area contributed by atoms with Crippen molar-refractivity contribution in [3.05, 3.63) is 52.9 Å². The molecule has 3 heterocycles. The summed E-state index contributed by atoms with van der Waals surface area (Å²) in [4.78, 5) is 27.3. The molecule has 1 atom stereocenters. The third-order valence-electron chi connectivity index (χ3n) is 5.83. The third kappa shape index (κ3) is 4.33. The fraction of sp³-hybridized carbons (Fsp3) is 0.375. The van der Waals surface area contributed by atoms with Crippen LogP contribution in [0.1, 0.15) is 36.7 Å². The lowest BCUT2D eigenvalue weighted by Gasteiger charge is -2.29. The van der Waals surface area contributed by atoms with Crippen LogP contribution in [0.3, 0.4) is 0 Å². The first-order valence-electron chi connectivity index (χ1n) is 10.8. The minimum absolute atomic E-state index is 0.0462. The Bertz CT molecular complexity index is 1080. The Labute approximate surface area is 193 Å². The van der Waals surface area contributed by atoms with E-state index in [-0.39, 0.29) is 16.8 Å². The molecular weight excluding hydrogens is 426 g/mol. The van der Waals surface area contributed by atoms with E-state index in [4.69, 9.17) is 21.7 Å². The molecule has 0 bridgehead atoms. The van der Waals surface area contributed by atoms with Crippen molar-refractivity contribution in [3.63, 3.8) is 0 Å². The van der Waals surface area contributed by atoms with Crippen molar-refractivity contribution in [2.75, 3.05) is 18.1 Å². The number of anilines is 1. The zero-order chi connectivity index (χ0) is 22.8. The lowest BCUT2D eigenvalue weighted by molar-refractivity contribution is -0.122. The molecule has 2 amide bonds. The van der Waals surface area contributed by atoms with Crippen molar-refractivity contribution in [1.29, 1.82) is 0 Å². The number of rotatable bonds is 6. The average molecular weight is 454 g/mol. The van der Waals surface area contributed by atoms with Crippen LogP contribution >= 0.6 is 12.2 Å². The normalized spacial score (nSPS) is 20.2. The van der Waals surface area contributed by atoms with Crippen LogP contribution in [0.2, 0.25) is 0 Å². The summed E-state index contributed by atoms with van der Waals surface area (Å²) in [6.07, 6.45) is 3.97. The van der Waals surface area contributed by atoms with Crippen molar-refractivity contribution < 1.29 is 19.1 Å². The smallest absolute Gasteiger partial charge is 0.270 e. The number of carbonyl (C=O) groups excluding carboxylic acids is 2. The van der Waals surface area contributed by atoms with Gasteiger partial charge in [0.15, 0.2) is 5.11 Å². The Morgan fingerprint density at radius 1 is 1.25 bits per heavy atom. The van der Waals surface area contributed by atoms with Gasteiger partial charge in [-0.2, -0.15) is 0 Å². The second-order valence-electron chi connectivity index (χ2n) is 7.96. The molecule has 1 N–H and O–H groups in total. The number of thiocarbonyl (C=S) groups is 1. The van der Waals surface area contributed by atoms with Crippen molar-refractivity contribution >= 4 is 40.9 Å². The molecule has 7 nitrogen and oxygen atoms in total. The van der Waals surface area contributed by atoms with E-state index in [1.165, 1.54) is 4.90 Å². The van der Waals surface area contributed by atoms with E-state index in [1.807, 2.05) is 26.8 Å². The SMILES string of the molecule is CCOc1ccc(N2C(=O)/C(=C/c3cc(C)n(C[C@@H]4CCCO4)c3C)C(=O)NC2=S)cc1. The second kappa shape index (κ2) is 9.26. The molecule has 0 spiro atoms. The van der Waals surface area contributed by atoms with E-state index in [9.17, 15) is 9.59 Å². The molecule has 2 fully saturated rings. The molecule has 0 aliphatic carbocycles. The van der Waals surface area contributed by atoms with Crippen molar-refractivity contribution in [3.8, 4) is 5.75 Å². The van der Waals surface area contributed by atoms with E-state index < -0.39 is 11.8 Å². The number of ether oxygens (including phenoxy) is 2. The van der Waals surface area contributed by atoms with E-state index in [2.05, 4.69) is 9.88 Å². The number of aromatic nitrogens is 1. The topological polar surface area (TPSA) is 72.8 Å². The maximum atomic E-state index is 13.3. The lowest BCUT2D eigenvalue weighted by Crippen LogP contribution is -2.54. The Balaban J connectivity index is 1.63. The first-order chi connectivity index (χ1) is 15.4. The van der Waals surface area contributed by atoms with Gasteiger partial charge in [0, 0.05) is 24.5 Å². The standard InChI is InChI=1S/C24H27N3O4S/c1-4-30-19-9-7-18(8-10-19)27-23(29)21(22(28)25-24(27)32)13-17-12-15(2)26(16(17)3)14-20-6-5-11-31-20/h7-10,12-13,20H,4-6,11,14H2,1-3H3,(H,25,28,32)/b21-13+/t20-/m0/s1. The number of amides is 2. The molecule has 0 saturated carbocycles. The van der Waals surface area contributed by atoms with Gasteiger partial charge in [-0.25, -0.2) is 0 Å². The van der Waals surface area contributed by atoms with Gasteiger partial charge in [-0.15, -0.1) is 0 Å². The van der Waals surface area contributed by atoms with Crippen LogP contribution in [0, 0.1) is 13.8 Å². The number of aryl methyl sites for hydroxylation is 1. The van der Waals surface area contributed by atoms with Crippen LogP contribution in [0.25, 0.3) is 6.08 Å². The first-order valence-corrected chi connectivity index (χ1v) is 11.2. The molecule has 4 rings (SSSR count). The second-order valence-corrected chi connectivity index (χ2v) is 8.34. The van der Waals surface area contributed by atoms with Crippen molar-refractivity contribution in [1.82, 2.24) is 9.88 Å². The van der Waals surface area contributed by atoms with Gasteiger partial charge in [-0.05, 0) is 87.8 Å². The van der Waals surface area contributed by atoms with E-state index >= 15 is 0 Å². The van der Waals surface area contributed by atoms with Crippen LogP contribution in [0.4, 0.5) is 5.69 Å². The van der Waals surface area contributed by atoms with Crippen LogP contribution in [0.15, 0.2) is 35.9 Å². The summed E-state index contributed by atoms with van der Waals surface area (Å²) in [5, 5.41) is 2.70. The first kappa shape index (κ1) is 22.2. The van der Waals surface area contributed by atoms with Gasteiger partial charge < -0.3 is 14.0 Å². The third-order valence-corrected chi connectivity index (χ3v) is 6.12. The largest absolute Gasteiger partial charge is 0.494 e. The summed E-state index contributed by atoms with van der Waals surface area (Å²) in [7, 11) is 0. The van der Waals surface area contributed by atoms with Gasteiger partial charge in [0.25, 0.3) is 11.8 Å². The molecule has 8 heteroatoms. The number of hydrogen-bond acceptors (Lipinski definition) is 5. The molecule has 1 aromatic heterocycles. The highest BCUT2D eigenvalue weighted by atomic mass is 32.1. The van der Waals surface area contributed by atoms with E-state index in [0.717, 1.165) is 42.9 Å². The van der Waals surface area contributed by atoms with Gasteiger partial charge in [0.1, 0.15) is 11.3 Å². The van der Waals surface area contributed by atoms with Gasteiger partial charge in [-0.3, -0.25) is 19.8 Å². The van der Waals surface area contributed by atoms with Gasteiger partial charge in [0.05, 0.1) is 18.4 Å². The predicted molar refractivity (Wildman–Crippen MR) is 127 cm³/mol. The van der Waals surface area contributed by atoms with Crippen LogP contribution in [-0.4, -0.2) is 40.8 Å². The molecule has 2 aliphatic heterocycles. The maximum Gasteiger partial charge on any atom is 0.270 e. The summed E-state index contributed by atoms with van der Waals surface area (Å²) >= 11 is 5.29. The maximum absolute atomic E-state index is 13.3.